The number of aromatic hydroxyl groups is 1. The zero-order chi connectivity index (χ0) is 36.5. The van der Waals surface area contributed by atoms with E-state index in [-0.39, 0.29) is 35.2 Å². The monoisotopic (exact) mass is 702 g/mol. The SMILES string of the molecule is COc1cc(C(=O)OC[C@@]2(O)CO[C@@H](OC[C@H]3O[C@@H](C[C@@H](O)/C=C/[C@@]4(O)[C@H](C)C[C@H](O)CC4(C)C)[C@H](O)[C@@H](O)[C@@H]3O)[C@@H]2O)cc(OC)c1O. The minimum atomic E-state index is -2.10. The molecule has 1 saturated carbocycles. The molecule has 3 fully saturated rings. The maximum Gasteiger partial charge on any atom is 0.338 e. The van der Waals surface area contributed by atoms with Crippen molar-refractivity contribution in [3.63, 3.8) is 0 Å². The quantitative estimate of drug-likeness (QED) is 0.0910. The summed E-state index contributed by atoms with van der Waals surface area (Å²) in [7, 11) is 2.55. The highest BCUT2D eigenvalue weighted by atomic mass is 16.7. The molecule has 0 spiro atoms. The predicted molar refractivity (Wildman–Crippen MR) is 168 cm³/mol. The van der Waals surface area contributed by atoms with Gasteiger partial charge in [-0.15, -0.1) is 0 Å². The first-order valence-corrected chi connectivity index (χ1v) is 16.1. The molecule has 0 bridgehead atoms. The van der Waals surface area contributed by atoms with Gasteiger partial charge in [-0.1, -0.05) is 32.9 Å². The highest BCUT2D eigenvalue weighted by molar-refractivity contribution is 5.91. The first-order valence-electron chi connectivity index (χ1n) is 16.1. The van der Waals surface area contributed by atoms with Gasteiger partial charge in [0.25, 0.3) is 0 Å². The van der Waals surface area contributed by atoms with E-state index in [0.29, 0.717) is 12.8 Å². The average molecular weight is 703 g/mol. The summed E-state index contributed by atoms with van der Waals surface area (Å²) in [4.78, 5) is 12.7. The van der Waals surface area contributed by atoms with E-state index < -0.39 is 97.5 Å². The maximum absolute atomic E-state index is 12.7. The third kappa shape index (κ3) is 8.15. The molecule has 16 nitrogen and oxygen atoms in total. The molecular formula is C33H50O16. The van der Waals surface area contributed by atoms with E-state index >= 15 is 0 Å². The van der Waals surface area contributed by atoms with Gasteiger partial charge in [0.05, 0.1) is 56.9 Å². The molecular weight excluding hydrogens is 652 g/mol. The Bertz CT molecular complexity index is 1300. The molecule has 278 valence electrons. The van der Waals surface area contributed by atoms with Crippen molar-refractivity contribution in [3.8, 4) is 17.2 Å². The smallest absolute Gasteiger partial charge is 0.338 e. The van der Waals surface area contributed by atoms with E-state index in [4.69, 9.17) is 28.4 Å². The van der Waals surface area contributed by atoms with Gasteiger partial charge in [0.1, 0.15) is 37.1 Å². The summed E-state index contributed by atoms with van der Waals surface area (Å²) in [5, 5.41) is 95.9. The number of hydrogen-bond donors (Lipinski definition) is 9. The van der Waals surface area contributed by atoms with E-state index in [1.165, 1.54) is 38.5 Å². The number of aliphatic hydroxyl groups is 8. The number of esters is 1. The van der Waals surface area contributed by atoms with Crippen LogP contribution in [-0.2, 0) is 18.9 Å². The van der Waals surface area contributed by atoms with Gasteiger partial charge >= 0.3 is 5.97 Å². The lowest BCUT2D eigenvalue weighted by molar-refractivity contribution is -0.253. The lowest BCUT2D eigenvalue weighted by atomic mass is 9.59. The second-order valence-corrected chi connectivity index (χ2v) is 13.9. The van der Waals surface area contributed by atoms with Crippen molar-refractivity contribution in [2.24, 2.45) is 11.3 Å². The fourth-order valence-electron chi connectivity index (χ4n) is 6.81. The Morgan fingerprint density at radius 2 is 1.63 bits per heavy atom. The molecule has 12 atom stereocenters. The summed E-state index contributed by atoms with van der Waals surface area (Å²) in [5.74, 6) is -1.68. The molecule has 0 amide bonds. The second kappa shape index (κ2) is 15.3. The van der Waals surface area contributed by atoms with Crippen LogP contribution in [0, 0.1) is 11.3 Å². The number of hydrogen-bond acceptors (Lipinski definition) is 16. The molecule has 0 radical (unpaired) electrons. The molecule has 16 heteroatoms. The number of phenols is 1. The van der Waals surface area contributed by atoms with E-state index in [1.54, 1.807) is 0 Å². The van der Waals surface area contributed by atoms with Gasteiger partial charge in [-0.3, -0.25) is 0 Å². The highest BCUT2D eigenvalue weighted by Crippen LogP contribution is 2.48. The van der Waals surface area contributed by atoms with Crippen molar-refractivity contribution < 1.29 is 79.2 Å². The average Bonchev–Trinajstić information content (AvgIpc) is 3.33. The number of carbonyl (C=O) groups excluding carboxylic acids is 1. The van der Waals surface area contributed by atoms with Crippen LogP contribution in [0.15, 0.2) is 24.3 Å². The number of aliphatic hydroxyl groups excluding tert-OH is 6. The number of carbonyl (C=O) groups is 1. The van der Waals surface area contributed by atoms with Crippen LogP contribution in [0.4, 0.5) is 0 Å². The molecule has 1 aromatic rings. The highest BCUT2D eigenvalue weighted by Gasteiger charge is 2.52. The number of benzene rings is 1. The summed E-state index contributed by atoms with van der Waals surface area (Å²) in [5.41, 5.74) is -4.20. The minimum absolute atomic E-state index is 0.0566. The van der Waals surface area contributed by atoms with E-state index in [9.17, 15) is 50.8 Å². The Hall–Kier alpha value is -2.61. The summed E-state index contributed by atoms with van der Waals surface area (Å²) in [6.45, 7) is 3.75. The van der Waals surface area contributed by atoms with Crippen LogP contribution in [0.3, 0.4) is 0 Å². The van der Waals surface area contributed by atoms with Crippen molar-refractivity contribution in [1.29, 1.82) is 0 Å². The number of phenolic OH excluding ortho intramolecular Hbond substituents is 1. The standard InChI is InChI=1S/C33H50O16/c1-16-8-19(35)12-31(2,3)33(16,43)7-6-18(34)11-22-25(37)27(39)26(38)23(49-22)13-46-30-28(40)32(42,15-48-30)14-47-29(41)17-9-20(44-4)24(36)21(10-17)45-5/h6-7,9-10,16,18-19,22-23,25-28,30,34-40,42-43H,8,11-15H2,1-5H3/b7-6+/t16-,18+,19+,22+,23-,25+,26-,27-,28+,30-,32-,33-/m1/s1. The largest absolute Gasteiger partial charge is 0.502 e. The fraction of sp³-hybridized carbons (Fsp3) is 0.727. The van der Waals surface area contributed by atoms with E-state index in [1.807, 2.05) is 20.8 Å². The van der Waals surface area contributed by atoms with Crippen molar-refractivity contribution in [2.45, 2.75) is 106 Å². The number of rotatable bonds is 12. The first kappa shape index (κ1) is 39.2. The third-order valence-corrected chi connectivity index (χ3v) is 9.96. The van der Waals surface area contributed by atoms with Crippen LogP contribution in [-0.4, -0.2) is 152 Å². The molecule has 1 aromatic carbocycles. The van der Waals surface area contributed by atoms with Gasteiger partial charge in [0.15, 0.2) is 23.4 Å². The minimum Gasteiger partial charge on any atom is -0.502 e. The summed E-state index contributed by atoms with van der Waals surface area (Å²) in [6, 6.07) is 2.41. The van der Waals surface area contributed by atoms with Gasteiger partial charge in [-0.2, -0.15) is 0 Å². The van der Waals surface area contributed by atoms with Crippen LogP contribution in [0.5, 0.6) is 17.2 Å². The fourth-order valence-corrected chi connectivity index (χ4v) is 6.81. The summed E-state index contributed by atoms with van der Waals surface area (Å²) >= 11 is 0. The molecule has 49 heavy (non-hydrogen) atoms. The molecule has 0 aromatic heterocycles. The van der Waals surface area contributed by atoms with Crippen LogP contribution in [0.1, 0.15) is 50.4 Å². The van der Waals surface area contributed by atoms with Crippen molar-refractivity contribution in [1.82, 2.24) is 0 Å². The van der Waals surface area contributed by atoms with Crippen molar-refractivity contribution in [3.05, 3.63) is 29.8 Å². The molecule has 2 heterocycles. The topological polar surface area (TPSA) is 255 Å². The predicted octanol–water partition coefficient (Wildman–Crippen LogP) is -1.26. The Kier molecular flexibility index (Phi) is 12.3. The lowest BCUT2D eigenvalue weighted by Crippen LogP contribution is -2.59. The Morgan fingerprint density at radius 1 is 1.02 bits per heavy atom. The van der Waals surface area contributed by atoms with Gasteiger partial charge in [0.2, 0.25) is 5.75 Å². The van der Waals surface area contributed by atoms with Gasteiger partial charge in [0, 0.05) is 6.42 Å². The number of methoxy groups -OCH3 is 2. The molecule has 9 N–H and O–H groups in total. The van der Waals surface area contributed by atoms with Gasteiger partial charge in [-0.05, 0) is 36.3 Å². The van der Waals surface area contributed by atoms with E-state index in [0.717, 1.165) is 0 Å². The van der Waals surface area contributed by atoms with Gasteiger partial charge < -0.3 is 74.4 Å². The van der Waals surface area contributed by atoms with Crippen LogP contribution >= 0.6 is 0 Å². The molecule has 4 rings (SSSR count). The zero-order valence-corrected chi connectivity index (χ0v) is 28.2. The Balaban J connectivity index is 1.33. The molecule has 3 aliphatic rings. The van der Waals surface area contributed by atoms with Gasteiger partial charge in [-0.25, -0.2) is 4.79 Å². The van der Waals surface area contributed by atoms with Crippen molar-refractivity contribution >= 4 is 5.97 Å². The maximum atomic E-state index is 12.7. The molecule has 2 saturated heterocycles. The third-order valence-electron chi connectivity index (χ3n) is 9.96. The van der Waals surface area contributed by atoms with Crippen molar-refractivity contribution in [2.75, 3.05) is 34.0 Å². The number of ether oxygens (including phenoxy) is 6. The first-order chi connectivity index (χ1) is 22.9. The zero-order valence-electron chi connectivity index (χ0n) is 28.2. The normalized spacial score (nSPS) is 38.3. The molecule has 0 unspecified atom stereocenters. The lowest BCUT2D eigenvalue weighted by Gasteiger charge is -2.50. The van der Waals surface area contributed by atoms with Crippen LogP contribution in [0.25, 0.3) is 0 Å². The van der Waals surface area contributed by atoms with Crippen LogP contribution in [0.2, 0.25) is 0 Å². The summed E-state index contributed by atoms with van der Waals surface area (Å²) < 4.78 is 32.0. The van der Waals surface area contributed by atoms with E-state index in [2.05, 4.69) is 0 Å². The Morgan fingerprint density at radius 3 is 2.22 bits per heavy atom. The Labute approximate surface area is 284 Å². The van der Waals surface area contributed by atoms with Crippen LogP contribution < -0.4 is 9.47 Å². The second-order valence-electron chi connectivity index (χ2n) is 13.9. The summed E-state index contributed by atoms with van der Waals surface area (Å²) in [6.07, 6.45) is -8.96. The molecule has 1 aliphatic carbocycles. The molecule has 2 aliphatic heterocycles.